The molecule has 3 aromatic heterocycles. The number of aliphatic hydroxyl groups is 1. The number of hydrogen-bond acceptors (Lipinski definition) is 7. The highest BCUT2D eigenvalue weighted by Gasteiger charge is 2.36. The molecule has 5 rings (SSSR count). The van der Waals surface area contributed by atoms with Crippen LogP contribution in [0, 0.1) is 23.7 Å². The van der Waals surface area contributed by atoms with Crippen molar-refractivity contribution in [2.75, 3.05) is 44.2 Å². The van der Waals surface area contributed by atoms with Crippen LogP contribution in [0.4, 0.5) is 19.0 Å². The first-order valence-corrected chi connectivity index (χ1v) is 13.1. The Hall–Kier alpha value is -2.65. The third-order valence-corrected chi connectivity index (χ3v) is 7.77. The van der Waals surface area contributed by atoms with E-state index in [9.17, 15) is 18.3 Å². The van der Waals surface area contributed by atoms with E-state index in [1.54, 1.807) is 13.1 Å². The molecule has 0 bridgehead atoms. The summed E-state index contributed by atoms with van der Waals surface area (Å²) >= 11 is 12.3. The lowest BCUT2D eigenvalue weighted by Gasteiger charge is -2.47. The van der Waals surface area contributed by atoms with Crippen LogP contribution in [0.2, 0.25) is 10.2 Å². The summed E-state index contributed by atoms with van der Waals surface area (Å²) in [5.41, 5.74) is 0.952. The zero-order valence-corrected chi connectivity index (χ0v) is 22.1. The van der Waals surface area contributed by atoms with E-state index in [0.29, 0.717) is 40.4 Å². The van der Waals surface area contributed by atoms with E-state index in [2.05, 4.69) is 30.8 Å². The molecule has 0 unspecified atom stereocenters. The lowest BCUT2D eigenvalue weighted by atomic mass is 9.80. The number of nitrogens with zero attached hydrogens (tertiary/aromatic N) is 7. The van der Waals surface area contributed by atoms with Gasteiger partial charge in [-0.15, -0.1) is 0 Å². The molecule has 3 aromatic rings. The number of hydrogen-bond donors (Lipinski definition) is 1. The second-order valence-electron chi connectivity index (χ2n) is 9.74. The van der Waals surface area contributed by atoms with Crippen LogP contribution in [-0.4, -0.2) is 80.2 Å². The molecule has 0 aromatic carbocycles. The first-order valence-electron chi connectivity index (χ1n) is 12.4. The van der Waals surface area contributed by atoms with Gasteiger partial charge in [-0.3, -0.25) is 0 Å². The van der Waals surface area contributed by atoms with E-state index in [1.807, 2.05) is 0 Å². The van der Waals surface area contributed by atoms with Crippen LogP contribution in [0.5, 0.6) is 0 Å². The van der Waals surface area contributed by atoms with E-state index in [1.165, 1.54) is 22.9 Å². The number of rotatable bonds is 6. The van der Waals surface area contributed by atoms with Crippen LogP contribution < -0.4 is 4.90 Å². The predicted molar refractivity (Wildman–Crippen MR) is 138 cm³/mol. The third kappa shape index (κ3) is 5.69. The number of pyridine rings is 1. The molecule has 0 saturated carbocycles. The zero-order valence-electron chi connectivity index (χ0n) is 20.6. The van der Waals surface area contributed by atoms with Crippen LogP contribution in [0.25, 0.3) is 11.2 Å². The standard InChI is InChI=1S/C25H26Cl2F3N7O/c1-15(18-10-31-21(27)9-19(18)26)37-24-23(20(34-37)4-5-25(28,29)30)32-11-22(33-24)36-13-17(14-36)16-3-2-6-35(12-16)7-8-38/h9-11,15-17,38H,2-3,6-8,12-14H2,1H3/t15-,16+/m1/s1. The molecular weight excluding hydrogens is 542 g/mol. The molecule has 2 aliphatic heterocycles. The Morgan fingerprint density at radius 2 is 1.95 bits per heavy atom. The summed E-state index contributed by atoms with van der Waals surface area (Å²) in [7, 11) is 0. The van der Waals surface area contributed by atoms with Crippen molar-refractivity contribution < 1.29 is 18.3 Å². The van der Waals surface area contributed by atoms with Crippen LogP contribution in [0.3, 0.4) is 0 Å². The monoisotopic (exact) mass is 567 g/mol. The number of halogens is 5. The number of fused-ring (bicyclic) bond motifs is 1. The summed E-state index contributed by atoms with van der Waals surface area (Å²) in [6.07, 6.45) is 0.673. The van der Waals surface area contributed by atoms with Gasteiger partial charge in [-0.25, -0.2) is 19.6 Å². The van der Waals surface area contributed by atoms with Gasteiger partial charge in [0.1, 0.15) is 16.5 Å². The van der Waals surface area contributed by atoms with Crippen LogP contribution in [0.1, 0.15) is 37.1 Å². The number of anilines is 1. The van der Waals surface area contributed by atoms with Gasteiger partial charge in [0, 0.05) is 43.9 Å². The Kier molecular flexibility index (Phi) is 7.69. The molecule has 1 N–H and O–H groups in total. The smallest absolute Gasteiger partial charge is 0.395 e. The van der Waals surface area contributed by atoms with Crippen molar-refractivity contribution in [3.05, 3.63) is 39.9 Å². The van der Waals surface area contributed by atoms with Crippen molar-refractivity contribution in [1.29, 1.82) is 0 Å². The van der Waals surface area contributed by atoms with E-state index in [4.69, 9.17) is 28.2 Å². The maximum absolute atomic E-state index is 12.8. The second kappa shape index (κ2) is 10.8. The zero-order chi connectivity index (χ0) is 27.0. The number of aromatic nitrogens is 5. The maximum Gasteiger partial charge on any atom is 0.458 e. The molecule has 2 aliphatic rings. The molecule has 0 amide bonds. The molecule has 0 radical (unpaired) electrons. The van der Waals surface area contributed by atoms with Gasteiger partial charge in [0.25, 0.3) is 0 Å². The first kappa shape index (κ1) is 26.9. The Morgan fingerprint density at radius 3 is 2.66 bits per heavy atom. The Morgan fingerprint density at radius 1 is 1.16 bits per heavy atom. The minimum Gasteiger partial charge on any atom is -0.395 e. The molecule has 2 fully saturated rings. The SMILES string of the molecule is C[C@H](c1cnc(Cl)cc1Cl)n1nc(C#CC(F)(F)F)c2ncc(N3CC([C@H]4CCCN(CCO)C4)C3)nc21. The quantitative estimate of drug-likeness (QED) is 0.353. The van der Waals surface area contributed by atoms with Crippen molar-refractivity contribution in [3.8, 4) is 11.8 Å². The van der Waals surface area contributed by atoms with E-state index < -0.39 is 12.2 Å². The fourth-order valence-electron chi connectivity index (χ4n) is 5.21. The predicted octanol–water partition coefficient (Wildman–Crippen LogP) is 4.19. The summed E-state index contributed by atoms with van der Waals surface area (Å²) in [5.74, 6) is 5.06. The highest BCUT2D eigenvalue weighted by Crippen LogP contribution is 2.35. The van der Waals surface area contributed by atoms with Gasteiger partial charge >= 0.3 is 6.18 Å². The van der Waals surface area contributed by atoms with Crippen molar-refractivity contribution in [1.82, 2.24) is 29.6 Å². The highest BCUT2D eigenvalue weighted by molar-refractivity contribution is 6.34. The Balaban J connectivity index is 1.44. The van der Waals surface area contributed by atoms with E-state index in [0.717, 1.165) is 39.0 Å². The number of likely N-dealkylation sites (tertiary alicyclic amines) is 1. The summed E-state index contributed by atoms with van der Waals surface area (Å²) < 4.78 is 40.0. The van der Waals surface area contributed by atoms with Crippen molar-refractivity contribution in [2.45, 2.75) is 32.0 Å². The molecule has 8 nitrogen and oxygen atoms in total. The molecular formula is C25H26Cl2F3N7O. The van der Waals surface area contributed by atoms with E-state index in [-0.39, 0.29) is 23.0 Å². The molecule has 0 aliphatic carbocycles. The average molecular weight is 568 g/mol. The molecule has 2 atom stereocenters. The average Bonchev–Trinajstić information content (AvgIpc) is 3.20. The molecule has 38 heavy (non-hydrogen) atoms. The van der Waals surface area contributed by atoms with Crippen LogP contribution in [0.15, 0.2) is 18.5 Å². The first-order chi connectivity index (χ1) is 18.1. The van der Waals surface area contributed by atoms with Gasteiger partial charge in [-0.2, -0.15) is 18.3 Å². The Labute approximate surface area is 227 Å². The lowest BCUT2D eigenvalue weighted by molar-refractivity contribution is -0.0696. The van der Waals surface area contributed by atoms with Gasteiger partial charge < -0.3 is 14.9 Å². The van der Waals surface area contributed by atoms with Gasteiger partial charge in [0.05, 0.1) is 23.9 Å². The molecule has 2 saturated heterocycles. The van der Waals surface area contributed by atoms with Gasteiger partial charge in [-0.1, -0.05) is 23.2 Å². The Bertz CT molecular complexity index is 1380. The fourth-order valence-corrected chi connectivity index (χ4v) is 5.74. The van der Waals surface area contributed by atoms with Gasteiger partial charge in [0.15, 0.2) is 11.3 Å². The summed E-state index contributed by atoms with van der Waals surface area (Å²) in [4.78, 5) is 17.7. The third-order valence-electron chi connectivity index (χ3n) is 7.24. The fraction of sp³-hybridized carbons (Fsp3) is 0.520. The van der Waals surface area contributed by atoms with Crippen LogP contribution in [-0.2, 0) is 0 Å². The number of aliphatic hydroxyl groups excluding tert-OH is 1. The minimum absolute atomic E-state index is 0.117. The molecule has 202 valence electrons. The largest absolute Gasteiger partial charge is 0.458 e. The number of piperidine rings is 1. The molecule has 0 spiro atoms. The highest BCUT2D eigenvalue weighted by atomic mass is 35.5. The maximum atomic E-state index is 12.8. The molecule has 13 heteroatoms. The van der Waals surface area contributed by atoms with Crippen molar-refractivity contribution in [2.24, 2.45) is 11.8 Å². The van der Waals surface area contributed by atoms with E-state index >= 15 is 0 Å². The van der Waals surface area contributed by atoms with Gasteiger partial charge in [-0.05, 0) is 50.1 Å². The summed E-state index contributed by atoms with van der Waals surface area (Å²) in [5, 5.41) is 14.2. The number of alkyl halides is 3. The summed E-state index contributed by atoms with van der Waals surface area (Å²) in [6.45, 7) is 6.28. The summed E-state index contributed by atoms with van der Waals surface area (Å²) in [6, 6.07) is 0.972. The minimum atomic E-state index is -4.67. The lowest BCUT2D eigenvalue weighted by Crippen LogP contribution is -2.54. The topological polar surface area (TPSA) is 83.2 Å². The van der Waals surface area contributed by atoms with Crippen LogP contribution >= 0.6 is 23.2 Å². The second-order valence-corrected chi connectivity index (χ2v) is 10.5. The van der Waals surface area contributed by atoms with Gasteiger partial charge in [0.2, 0.25) is 0 Å². The van der Waals surface area contributed by atoms with Crippen molar-refractivity contribution in [3.63, 3.8) is 0 Å². The normalized spacial score (nSPS) is 19.8. The number of β-amino-alcohol motifs (C(OH)–C–C–N with tert-alkyl or cyclic N) is 1. The molecule has 5 heterocycles. The van der Waals surface area contributed by atoms with Crippen molar-refractivity contribution >= 4 is 40.2 Å².